The second-order valence-corrected chi connectivity index (χ2v) is 8.85. The Balaban J connectivity index is 0.00000300. The van der Waals surface area contributed by atoms with E-state index in [0.717, 1.165) is 30.2 Å². The molecule has 1 atom stereocenters. The lowest BCUT2D eigenvalue weighted by Gasteiger charge is -2.34. The van der Waals surface area contributed by atoms with Crippen LogP contribution in [0.15, 0.2) is 46.5 Å². The number of morpholine rings is 1. The molecule has 0 aliphatic carbocycles. The van der Waals surface area contributed by atoms with Crippen molar-refractivity contribution in [1.29, 1.82) is 0 Å². The third kappa shape index (κ3) is 6.41. The maximum absolute atomic E-state index is 11.6. The molecule has 1 unspecified atom stereocenters. The van der Waals surface area contributed by atoms with Crippen LogP contribution in [0.2, 0.25) is 0 Å². The quantitative estimate of drug-likeness (QED) is 0.360. The Morgan fingerprint density at radius 2 is 2.07 bits per heavy atom. The molecule has 0 saturated carbocycles. The number of halogens is 1. The Labute approximate surface area is 189 Å². The molecule has 1 aromatic carbocycles. The highest BCUT2D eigenvalue weighted by molar-refractivity contribution is 14.0. The minimum Gasteiger partial charge on any atom is -0.370 e. The molecule has 2 aromatic rings. The number of ether oxygens (including phenoxy) is 1. The summed E-state index contributed by atoms with van der Waals surface area (Å²) in [5, 5.41) is 7.57. The third-order valence-corrected chi connectivity index (χ3v) is 5.69. The molecular weight excluding hydrogens is 505 g/mol. The second kappa shape index (κ2) is 10.4. The number of hydrogen-bond acceptors (Lipinski definition) is 5. The molecule has 29 heavy (non-hydrogen) atoms. The van der Waals surface area contributed by atoms with Gasteiger partial charge in [-0.1, -0.05) is 12.1 Å². The number of sulfone groups is 1. The highest BCUT2D eigenvalue weighted by Gasteiger charge is 2.25. The summed E-state index contributed by atoms with van der Waals surface area (Å²) in [4.78, 5) is 7.25. The van der Waals surface area contributed by atoms with Crippen molar-refractivity contribution in [1.82, 2.24) is 20.0 Å². The number of guanidine groups is 1. The summed E-state index contributed by atoms with van der Waals surface area (Å²) in [5.41, 5.74) is 2.01. The van der Waals surface area contributed by atoms with Crippen LogP contribution in [0.3, 0.4) is 0 Å². The predicted octanol–water partition coefficient (Wildman–Crippen LogP) is 1.98. The van der Waals surface area contributed by atoms with Gasteiger partial charge in [0.05, 0.1) is 30.8 Å². The molecule has 0 spiro atoms. The van der Waals surface area contributed by atoms with Gasteiger partial charge in [-0.2, -0.15) is 5.10 Å². The maximum Gasteiger partial charge on any atom is 0.194 e. The van der Waals surface area contributed by atoms with E-state index in [2.05, 4.69) is 15.3 Å². The van der Waals surface area contributed by atoms with Crippen molar-refractivity contribution >= 4 is 39.8 Å². The molecule has 2 heterocycles. The lowest BCUT2D eigenvalue weighted by molar-refractivity contribution is -0.00805. The molecule has 8 nitrogen and oxygen atoms in total. The standard InChI is InChI=1S/C19H27N5O3S.HI/c1-4-20-19(21-11-15-5-7-17(8-6-15)28(3,25)26)24-9-10-27-18(14-24)16-12-22-23(2)13-16;/h5-8,12-13,18H,4,9-11,14H2,1-3H3,(H,20,21);1H. The van der Waals surface area contributed by atoms with Gasteiger partial charge in [0, 0.05) is 38.2 Å². The minimum absolute atomic E-state index is 0. The minimum atomic E-state index is -3.18. The van der Waals surface area contributed by atoms with Gasteiger partial charge in [0.1, 0.15) is 6.10 Å². The Bertz CT molecular complexity index is 928. The Hall–Kier alpha value is -1.66. The van der Waals surface area contributed by atoms with E-state index in [1.807, 2.05) is 26.4 Å². The summed E-state index contributed by atoms with van der Waals surface area (Å²) in [6.07, 6.45) is 4.98. The molecule has 1 aliphatic heterocycles. The van der Waals surface area contributed by atoms with Crippen LogP contribution in [0.5, 0.6) is 0 Å². The summed E-state index contributed by atoms with van der Waals surface area (Å²) in [7, 11) is -1.29. The Morgan fingerprint density at radius 3 is 2.66 bits per heavy atom. The van der Waals surface area contributed by atoms with Crippen LogP contribution < -0.4 is 5.32 Å². The predicted molar refractivity (Wildman–Crippen MR) is 123 cm³/mol. The van der Waals surface area contributed by atoms with Gasteiger partial charge >= 0.3 is 0 Å². The van der Waals surface area contributed by atoms with Gasteiger partial charge in [0.15, 0.2) is 15.8 Å². The van der Waals surface area contributed by atoms with E-state index in [9.17, 15) is 8.42 Å². The first-order valence-electron chi connectivity index (χ1n) is 9.29. The summed E-state index contributed by atoms with van der Waals surface area (Å²) < 4.78 is 30.9. The van der Waals surface area contributed by atoms with E-state index in [1.165, 1.54) is 6.26 Å². The van der Waals surface area contributed by atoms with E-state index in [-0.39, 0.29) is 30.1 Å². The van der Waals surface area contributed by atoms with E-state index in [1.54, 1.807) is 28.9 Å². The zero-order valence-electron chi connectivity index (χ0n) is 16.9. The molecule has 0 bridgehead atoms. The van der Waals surface area contributed by atoms with Crippen molar-refractivity contribution in [2.24, 2.45) is 12.0 Å². The molecule has 1 aliphatic rings. The van der Waals surface area contributed by atoms with Gasteiger partial charge < -0.3 is 15.0 Å². The van der Waals surface area contributed by atoms with Crippen LogP contribution in [-0.2, 0) is 28.2 Å². The fourth-order valence-electron chi connectivity index (χ4n) is 3.08. The smallest absolute Gasteiger partial charge is 0.194 e. The molecule has 1 saturated heterocycles. The zero-order valence-corrected chi connectivity index (χ0v) is 20.1. The number of aromatic nitrogens is 2. The van der Waals surface area contributed by atoms with Crippen molar-refractivity contribution in [2.45, 2.75) is 24.5 Å². The first kappa shape index (κ1) is 23.6. The van der Waals surface area contributed by atoms with Crippen LogP contribution in [0.25, 0.3) is 0 Å². The van der Waals surface area contributed by atoms with Crippen molar-refractivity contribution in [3.05, 3.63) is 47.8 Å². The average Bonchev–Trinajstić information content (AvgIpc) is 3.11. The van der Waals surface area contributed by atoms with Gasteiger partial charge in [-0.3, -0.25) is 4.68 Å². The van der Waals surface area contributed by atoms with Crippen molar-refractivity contribution < 1.29 is 13.2 Å². The summed E-state index contributed by atoms with van der Waals surface area (Å²) >= 11 is 0. The summed E-state index contributed by atoms with van der Waals surface area (Å²) in [5.74, 6) is 0.826. The van der Waals surface area contributed by atoms with Crippen molar-refractivity contribution in [3.8, 4) is 0 Å². The summed E-state index contributed by atoms with van der Waals surface area (Å²) in [6, 6.07) is 6.86. The first-order chi connectivity index (χ1) is 13.4. The number of rotatable bonds is 5. The molecular formula is C19H28IN5O3S. The van der Waals surface area contributed by atoms with Gasteiger partial charge in [0.2, 0.25) is 0 Å². The van der Waals surface area contributed by atoms with Gasteiger partial charge in [0.25, 0.3) is 0 Å². The number of benzene rings is 1. The highest BCUT2D eigenvalue weighted by atomic mass is 127. The molecule has 10 heteroatoms. The second-order valence-electron chi connectivity index (χ2n) is 6.84. The largest absolute Gasteiger partial charge is 0.370 e. The summed E-state index contributed by atoms with van der Waals surface area (Å²) in [6.45, 7) is 5.35. The fraction of sp³-hybridized carbons (Fsp3) is 0.474. The topological polar surface area (TPSA) is 88.8 Å². The number of hydrogen-bond donors (Lipinski definition) is 1. The Morgan fingerprint density at radius 1 is 1.34 bits per heavy atom. The van der Waals surface area contributed by atoms with Gasteiger partial charge in [-0.25, -0.2) is 13.4 Å². The molecule has 1 fully saturated rings. The monoisotopic (exact) mass is 533 g/mol. The number of aliphatic imine (C=N–C) groups is 1. The number of nitrogens with zero attached hydrogens (tertiary/aromatic N) is 4. The van der Waals surface area contributed by atoms with E-state index < -0.39 is 9.84 Å². The van der Waals surface area contributed by atoms with Crippen LogP contribution in [0.4, 0.5) is 0 Å². The Kier molecular flexibility index (Phi) is 8.46. The SMILES string of the molecule is CCNC(=NCc1ccc(S(C)(=O)=O)cc1)N1CCOC(c2cnn(C)c2)C1.I. The van der Waals surface area contributed by atoms with Crippen molar-refractivity contribution in [2.75, 3.05) is 32.5 Å². The molecule has 3 rings (SSSR count). The third-order valence-electron chi connectivity index (χ3n) is 4.56. The van der Waals surface area contributed by atoms with E-state index >= 15 is 0 Å². The number of aryl methyl sites for hydroxylation is 1. The number of nitrogens with one attached hydrogen (secondary N) is 1. The van der Waals surface area contributed by atoms with E-state index in [0.29, 0.717) is 24.6 Å². The van der Waals surface area contributed by atoms with Crippen molar-refractivity contribution in [3.63, 3.8) is 0 Å². The first-order valence-corrected chi connectivity index (χ1v) is 11.2. The molecule has 1 aromatic heterocycles. The van der Waals surface area contributed by atoms with Crippen LogP contribution in [-0.4, -0.2) is 61.6 Å². The normalized spacial score (nSPS) is 17.7. The van der Waals surface area contributed by atoms with Gasteiger partial charge in [-0.15, -0.1) is 24.0 Å². The maximum atomic E-state index is 11.6. The molecule has 160 valence electrons. The van der Waals surface area contributed by atoms with Crippen LogP contribution in [0.1, 0.15) is 24.2 Å². The lowest BCUT2D eigenvalue weighted by atomic mass is 10.1. The molecule has 1 N–H and O–H groups in total. The average molecular weight is 533 g/mol. The molecule has 0 radical (unpaired) electrons. The molecule has 0 amide bonds. The lowest BCUT2D eigenvalue weighted by Crippen LogP contribution is -2.48. The highest BCUT2D eigenvalue weighted by Crippen LogP contribution is 2.21. The van der Waals surface area contributed by atoms with Crippen LogP contribution in [0, 0.1) is 0 Å². The van der Waals surface area contributed by atoms with Crippen LogP contribution >= 0.6 is 24.0 Å². The fourth-order valence-corrected chi connectivity index (χ4v) is 3.71. The van der Waals surface area contributed by atoms with Gasteiger partial charge in [-0.05, 0) is 24.6 Å². The van der Waals surface area contributed by atoms with E-state index in [4.69, 9.17) is 9.73 Å². The zero-order chi connectivity index (χ0) is 20.1.